The largest absolute Gasteiger partial charge is 0.748 e. The van der Waals surface area contributed by atoms with Crippen LogP contribution in [0.3, 0.4) is 0 Å². The highest BCUT2D eigenvalue weighted by molar-refractivity contribution is 7.85. The molecule has 4 aromatic rings. The second-order valence-corrected chi connectivity index (χ2v) is 11.5. The summed E-state index contributed by atoms with van der Waals surface area (Å²) in [7, 11) is -4.13. The molecule has 0 amide bonds. The molecule has 0 spiro atoms. The van der Waals surface area contributed by atoms with Crippen LogP contribution in [0.1, 0.15) is 52.4 Å². The van der Waals surface area contributed by atoms with Crippen molar-refractivity contribution >= 4 is 37.4 Å². The SMILES string of the molecule is CCCCN(CCCC)c1ccc2cc(-c3ccc4c[n+](CCCCS(=O)(=O)[O-])ccc4c3)ccc2c1. The lowest BCUT2D eigenvalue weighted by Crippen LogP contribution is -2.32. The molecule has 0 saturated carbocycles. The maximum absolute atomic E-state index is 10.8. The van der Waals surface area contributed by atoms with Crippen molar-refractivity contribution < 1.29 is 17.5 Å². The molecular formula is C31H38N2O3S. The van der Waals surface area contributed by atoms with Crippen LogP contribution in [0.15, 0.2) is 73.1 Å². The molecule has 0 aliphatic heterocycles. The number of aromatic nitrogens is 1. The van der Waals surface area contributed by atoms with Crippen molar-refractivity contribution in [3.63, 3.8) is 0 Å². The Hall–Kier alpha value is -2.96. The zero-order chi connectivity index (χ0) is 26.3. The van der Waals surface area contributed by atoms with Crippen LogP contribution in [0.5, 0.6) is 0 Å². The predicted octanol–water partition coefficient (Wildman–Crippen LogP) is 6.68. The van der Waals surface area contributed by atoms with Crippen LogP contribution in [-0.4, -0.2) is 31.8 Å². The van der Waals surface area contributed by atoms with E-state index in [0.29, 0.717) is 19.4 Å². The average molecular weight is 519 g/mol. The summed E-state index contributed by atoms with van der Waals surface area (Å²) in [6.07, 6.45) is 9.99. The number of rotatable bonds is 13. The van der Waals surface area contributed by atoms with E-state index in [1.54, 1.807) is 0 Å². The van der Waals surface area contributed by atoms with Gasteiger partial charge in [-0.2, -0.15) is 0 Å². The van der Waals surface area contributed by atoms with Gasteiger partial charge in [0, 0.05) is 42.4 Å². The van der Waals surface area contributed by atoms with Gasteiger partial charge in [-0.25, -0.2) is 13.0 Å². The Morgan fingerprint density at radius 3 is 1.97 bits per heavy atom. The Labute approximate surface area is 221 Å². The number of pyridine rings is 1. The van der Waals surface area contributed by atoms with Crippen LogP contribution < -0.4 is 9.47 Å². The van der Waals surface area contributed by atoms with E-state index in [-0.39, 0.29) is 5.75 Å². The van der Waals surface area contributed by atoms with Gasteiger partial charge in [0.2, 0.25) is 0 Å². The van der Waals surface area contributed by atoms with E-state index in [1.165, 1.54) is 53.3 Å². The molecule has 0 atom stereocenters. The van der Waals surface area contributed by atoms with Gasteiger partial charge in [-0.3, -0.25) is 0 Å². The molecule has 37 heavy (non-hydrogen) atoms. The Morgan fingerprint density at radius 1 is 0.730 bits per heavy atom. The molecule has 0 bridgehead atoms. The molecule has 5 nitrogen and oxygen atoms in total. The summed E-state index contributed by atoms with van der Waals surface area (Å²) in [6, 6.07) is 22.2. The summed E-state index contributed by atoms with van der Waals surface area (Å²) in [5.74, 6) is -0.298. The lowest BCUT2D eigenvalue weighted by Gasteiger charge is -2.25. The highest BCUT2D eigenvalue weighted by atomic mass is 32.2. The van der Waals surface area contributed by atoms with E-state index in [0.717, 1.165) is 23.9 Å². The molecule has 0 fully saturated rings. The van der Waals surface area contributed by atoms with Crippen LogP contribution in [0.25, 0.3) is 32.7 Å². The van der Waals surface area contributed by atoms with E-state index in [4.69, 9.17) is 0 Å². The molecule has 4 rings (SSSR count). The van der Waals surface area contributed by atoms with Crippen molar-refractivity contribution in [1.82, 2.24) is 0 Å². The zero-order valence-corrected chi connectivity index (χ0v) is 22.8. The highest BCUT2D eigenvalue weighted by Gasteiger charge is 2.09. The molecule has 1 aromatic heterocycles. The van der Waals surface area contributed by atoms with Crippen molar-refractivity contribution in [2.24, 2.45) is 0 Å². The summed E-state index contributed by atoms with van der Waals surface area (Å²) < 4.78 is 34.4. The van der Waals surface area contributed by atoms with Gasteiger partial charge in [0.05, 0.1) is 10.1 Å². The van der Waals surface area contributed by atoms with E-state index in [9.17, 15) is 13.0 Å². The van der Waals surface area contributed by atoms with Crippen molar-refractivity contribution in [2.75, 3.05) is 23.7 Å². The zero-order valence-electron chi connectivity index (χ0n) is 22.0. The first-order valence-electron chi connectivity index (χ1n) is 13.5. The summed E-state index contributed by atoms with van der Waals surface area (Å²) >= 11 is 0. The number of unbranched alkanes of at least 4 members (excludes halogenated alkanes) is 3. The molecule has 0 aliphatic carbocycles. The van der Waals surface area contributed by atoms with Gasteiger partial charge in [0.15, 0.2) is 12.4 Å². The minimum Gasteiger partial charge on any atom is -0.748 e. The fourth-order valence-corrected chi connectivity index (χ4v) is 5.36. The van der Waals surface area contributed by atoms with Gasteiger partial charge in [0.1, 0.15) is 6.54 Å². The van der Waals surface area contributed by atoms with Crippen LogP contribution in [0.2, 0.25) is 0 Å². The smallest absolute Gasteiger partial charge is 0.176 e. The third kappa shape index (κ3) is 7.53. The van der Waals surface area contributed by atoms with Gasteiger partial charge >= 0.3 is 0 Å². The Bertz CT molecular complexity index is 1440. The molecule has 0 saturated heterocycles. The van der Waals surface area contributed by atoms with Gasteiger partial charge < -0.3 is 9.45 Å². The summed E-state index contributed by atoms with van der Waals surface area (Å²) in [5.41, 5.74) is 3.70. The van der Waals surface area contributed by atoms with E-state index in [2.05, 4.69) is 90.2 Å². The molecule has 0 radical (unpaired) electrons. The Kier molecular flexibility index (Phi) is 9.17. The van der Waals surface area contributed by atoms with E-state index >= 15 is 0 Å². The molecule has 0 N–H and O–H groups in total. The van der Waals surface area contributed by atoms with Gasteiger partial charge in [0.25, 0.3) is 0 Å². The second-order valence-electron chi connectivity index (χ2n) is 9.94. The number of hydrogen-bond acceptors (Lipinski definition) is 4. The number of anilines is 1. The number of aryl methyl sites for hydroxylation is 1. The molecule has 0 aliphatic rings. The average Bonchev–Trinajstić information content (AvgIpc) is 2.90. The Morgan fingerprint density at radius 2 is 1.32 bits per heavy atom. The maximum atomic E-state index is 10.8. The monoisotopic (exact) mass is 518 g/mol. The maximum Gasteiger partial charge on any atom is 0.176 e. The van der Waals surface area contributed by atoms with Crippen LogP contribution in [0, 0.1) is 0 Å². The molecule has 3 aromatic carbocycles. The first-order valence-corrected chi connectivity index (χ1v) is 15.1. The summed E-state index contributed by atoms with van der Waals surface area (Å²) in [4.78, 5) is 2.53. The van der Waals surface area contributed by atoms with Gasteiger partial charge in [-0.1, -0.05) is 51.0 Å². The van der Waals surface area contributed by atoms with E-state index in [1.807, 2.05) is 6.20 Å². The lowest BCUT2D eigenvalue weighted by molar-refractivity contribution is -0.696. The minimum absolute atomic E-state index is 0.298. The van der Waals surface area contributed by atoms with E-state index < -0.39 is 10.1 Å². The molecule has 6 heteroatoms. The molecule has 196 valence electrons. The van der Waals surface area contributed by atoms with Crippen molar-refractivity contribution in [2.45, 2.75) is 58.9 Å². The van der Waals surface area contributed by atoms with Gasteiger partial charge in [-0.05, 0) is 76.9 Å². The first kappa shape index (κ1) is 27.1. The third-order valence-electron chi connectivity index (χ3n) is 6.98. The minimum atomic E-state index is -4.13. The molecule has 1 heterocycles. The molecule has 0 unspecified atom stereocenters. The fourth-order valence-electron chi connectivity index (χ4n) is 4.80. The fraction of sp³-hybridized carbons (Fsp3) is 0.387. The summed E-state index contributed by atoms with van der Waals surface area (Å²) in [5, 5.41) is 4.81. The van der Waals surface area contributed by atoms with Crippen molar-refractivity contribution in [3.05, 3.63) is 73.1 Å². The highest BCUT2D eigenvalue weighted by Crippen LogP contribution is 2.29. The normalized spacial score (nSPS) is 11.9. The quantitative estimate of drug-likeness (QED) is 0.112. The van der Waals surface area contributed by atoms with Crippen LogP contribution in [-0.2, 0) is 16.7 Å². The Balaban J connectivity index is 1.50. The second kappa shape index (κ2) is 12.5. The predicted molar refractivity (Wildman–Crippen MR) is 153 cm³/mol. The standard InChI is InChI=1S/C31H38N2O3S/c1-3-5-17-33(18-6-4-2)31-14-13-27-21-25(9-10-28(27)23-31)26-11-12-30-24-32(19-15-29(30)22-26)16-7-8-20-37(34,35)36/h9-15,19,21-24H,3-8,16-18,20H2,1-2H3. The topological polar surface area (TPSA) is 64.3 Å². The van der Waals surface area contributed by atoms with Crippen LogP contribution >= 0.6 is 0 Å². The van der Waals surface area contributed by atoms with Crippen molar-refractivity contribution in [1.29, 1.82) is 0 Å². The third-order valence-corrected chi connectivity index (χ3v) is 7.77. The lowest BCUT2D eigenvalue weighted by atomic mass is 9.99. The number of nitrogens with zero attached hydrogens (tertiary/aromatic N) is 2. The van der Waals surface area contributed by atoms with Crippen LogP contribution in [0.4, 0.5) is 5.69 Å². The number of hydrogen-bond donors (Lipinski definition) is 0. The number of fused-ring (bicyclic) bond motifs is 2. The number of benzene rings is 3. The van der Waals surface area contributed by atoms with Gasteiger partial charge in [-0.15, -0.1) is 0 Å². The summed E-state index contributed by atoms with van der Waals surface area (Å²) in [6.45, 7) is 7.41. The molecular weight excluding hydrogens is 480 g/mol. The first-order chi connectivity index (χ1) is 17.9. The van der Waals surface area contributed by atoms with Crippen molar-refractivity contribution in [3.8, 4) is 11.1 Å².